The Morgan fingerprint density at radius 3 is 2.67 bits per heavy atom. The van der Waals surface area contributed by atoms with Gasteiger partial charge >= 0.3 is 4.87 Å². The van der Waals surface area contributed by atoms with Gasteiger partial charge in [0, 0.05) is 5.69 Å². The summed E-state index contributed by atoms with van der Waals surface area (Å²) < 4.78 is 11.9. The third kappa shape index (κ3) is 1.18. The molecule has 0 unspecified atom stereocenters. The van der Waals surface area contributed by atoms with E-state index in [1.807, 2.05) is 0 Å². The molecule has 1 rings (SSSR count). The highest BCUT2D eigenvalue weighted by atomic mass is 32.1. The van der Waals surface area contributed by atoms with Crippen molar-refractivity contribution in [3.8, 4) is 0 Å². The maximum absolute atomic E-state index is 11.9. The lowest BCUT2D eigenvalue weighted by molar-refractivity contribution is 0.489. The van der Waals surface area contributed by atoms with Gasteiger partial charge in [-0.2, -0.15) is 0 Å². The Balaban J connectivity index is 3.16. The lowest BCUT2D eigenvalue weighted by Gasteiger charge is -1.83. The van der Waals surface area contributed by atoms with Crippen LogP contribution >= 0.6 is 11.3 Å². The molecule has 0 aromatic carbocycles. The molecule has 0 saturated heterocycles. The zero-order chi connectivity index (χ0) is 6.85. The second-order valence-corrected chi connectivity index (χ2v) is 2.76. The van der Waals surface area contributed by atoms with Crippen LogP contribution in [0.2, 0.25) is 0 Å². The van der Waals surface area contributed by atoms with Crippen LogP contribution in [0.25, 0.3) is 0 Å². The van der Waals surface area contributed by atoms with Crippen LogP contribution in [0.15, 0.2) is 4.79 Å². The number of alkyl halides is 1. The number of rotatable bonds is 1. The molecule has 9 heavy (non-hydrogen) atoms. The molecule has 0 fully saturated rings. The summed E-state index contributed by atoms with van der Waals surface area (Å²) in [6.45, 7) is 1.14. The largest absolute Gasteiger partial charge is 0.317 e. The van der Waals surface area contributed by atoms with Gasteiger partial charge in [0.15, 0.2) is 0 Å². The Labute approximate surface area is 55.3 Å². The Bertz CT molecular complexity index is 252. The van der Waals surface area contributed by atoms with E-state index in [0.717, 1.165) is 11.3 Å². The van der Waals surface area contributed by atoms with Gasteiger partial charge in [-0.25, -0.2) is 4.39 Å². The first-order valence-corrected chi connectivity index (χ1v) is 3.30. The summed E-state index contributed by atoms with van der Waals surface area (Å²) in [6.07, 6.45) is 0. The molecule has 0 saturated carbocycles. The van der Waals surface area contributed by atoms with E-state index >= 15 is 0 Å². The predicted molar refractivity (Wildman–Crippen MR) is 34.5 cm³/mol. The molecule has 1 aromatic heterocycles. The van der Waals surface area contributed by atoms with Crippen LogP contribution in [0.3, 0.4) is 0 Å². The first-order chi connectivity index (χ1) is 4.24. The first-order valence-electron chi connectivity index (χ1n) is 2.48. The number of aromatic nitrogens is 1. The number of thiazole rings is 1. The van der Waals surface area contributed by atoms with Gasteiger partial charge in [-0.15, -0.1) is 0 Å². The average Bonchev–Trinajstić information content (AvgIpc) is 2.10. The molecule has 0 amide bonds. The molecule has 1 aromatic rings. The summed E-state index contributed by atoms with van der Waals surface area (Å²) in [6, 6.07) is 0. The summed E-state index contributed by atoms with van der Waals surface area (Å²) in [5.41, 5.74) is 0.646. The quantitative estimate of drug-likeness (QED) is 0.636. The van der Waals surface area contributed by atoms with Gasteiger partial charge in [0.25, 0.3) is 0 Å². The SMILES string of the molecule is Cc1[nH]c(=O)sc1CF. The third-order valence-corrected chi connectivity index (χ3v) is 1.99. The molecular weight excluding hydrogens is 141 g/mol. The van der Waals surface area contributed by atoms with Crippen LogP contribution < -0.4 is 4.87 Å². The minimum atomic E-state index is -0.546. The van der Waals surface area contributed by atoms with E-state index in [1.165, 1.54) is 0 Å². The van der Waals surface area contributed by atoms with Crippen LogP contribution in [0.4, 0.5) is 4.39 Å². The highest BCUT2D eigenvalue weighted by Crippen LogP contribution is 2.08. The van der Waals surface area contributed by atoms with Crippen molar-refractivity contribution in [3.63, 3.8) is 0 Å². The van der Waals surface area contributed by atoms with Gasteiger partial charge in [-0.05, 0) is 6.92 Å². The Morgan fingerprint density at radius 2 is 2.44 bits per heavy atom. The fourth-order valence-corrected chi connectivity index (χ4v) is 1.25. The topological polar surface area (TPSA) is 32.9 Å². The monoisotopic (exact) mass is 147 g/mol. The molecule has 0 aliphatic carbocycles. The van der Waals surface area contributed by atoms with E-state index in [2.05, 4.69) is 4.98 Å². The molecule has 0 radical (unpaired) electrons. The van der Waals surface area contributed by atoms with Crippen molar-refractivity contribution in [3.05, 3.63) is 20.2 Å². The summed E-state index contributed by atoms with van der Waals surface area (Å²) in [4.78, 5) is 13.3. The predicted octanol–water partition coefficient (Wildman–Crippen LogP) is 1.21. The van der Waals surface area contributed by atoms with Gasteiger partial charge in [0.1, 0.15) is 6.67 Å². The van der Waals surface area contributed by atoms with Crippen LogP contribution in [0.5, 0.6) is 0 Å². The van der Waals surface area contributed by atoms with Gasteiger partial charge < -0.3 is 4.98 Å². The summed E-state index contributed by atoms with van der Waals surface area (Å²) in [7, 11) is 0. The molecule has 4 heteroatoms. The average molecular weight is 147 g/mol. The number of hydrogen-bond donors (Lipinski definition) is 1. The smallest absolute Gasteiger partial charge is 0.305 e. The van der Waals surface area contributed by atoms with Crippen molar-refractivity contribution in [1.82, 2.24) is 4.98 Å². The Hall–Kier alpha value is -0.640. The van der Waals surface area contributed by atoms with E-state index in [9.17, 15) is 9.18 Å². The molecule has 0 aliphatic heterocycles. The van der Waals surface area contributed by atoms with Crippen LogP contribution in [-0.2, 0) is 6.67 Å². The zero-order valence-electron chi connectivity index (χ0n) is 4.90. The van der Waals surface area contributed by atoms with Crippen molar-refractivity contribution >= 4 is 11.3 Å². The number of hydrogen-bond acceptors (Lipinski definition) is 2. The van der Waals surface area contributed by atoms with Gasteiger partial charge in [-0.3, -0.25) is 4.79 Å². The van der Waals surface area contributed by atoms with E-state index in [-0.39, 0.29) is 4.87 Å². The van der Waals surface area contributed by atoms with E-state index in [0.29, 0.717) is 10.6 Å². The molecule has 0 aliphatic rings. The van der Waals surface area contributed by atoms with Crippen molar-refractivity contribution < 1.29 is 4.39 Å². The fraction of sp³-hybridized carbons (Fsp3) is 0.400. The number of H-pyrrole nitrogens is 1. The maximum atomic E-state index is 11.9. The highest BCUT2D eigenvalue weighted by Gasteiger charge is 2.00. The normalized spacial score (nSPS) is 10.0. The minimum absolute atomic E-state index is 0.180. The van der Waals surface area contributed by atoms with Crippen LogP contribution in [-0.4, -0.2) is 4.98 Å². The lowest BCUT2D eigenvalue weighted by Crippen LogP contribution is -1.91. The van der Waals surface area contributed by atoms with Gasteiger partial charge in [0.05, 0.1) is 4.88 Å². The lowest BCUT2D eigenvalue weighted by atomic mass is 10.4. The molecule has 1 heterocycles. The van der Waals surface area contributed by atoms with Crippen LogP contribution in [0, 0.1) is 6.92 Å². The second-order valence-electron chi connectivity index (χ2n) is 1.70. The summed E-state index contributed by atoms with van der Waals surface area (Å²) >= 11 is 0.928. The van der Waals surface area contributed by atoms with Crippen molar-refractivity contribution in [1.29, 1.82) is 0 Å². The van der Waals surface area contributed by atoms with Gasteiger partial charge in [-0.1, -0.05) is 11.3 Å². The molecule has 0 atom stereocenters. The maximum Gasteiger partial charge on any atom is 0.305 e. The van der Waals surface area contributed by atoms with E-state index < -0.39 is 6.67 Å². The van der Waals surface area contributed by atoms with E-state index in [4.69, 9.17) is 0 Å². The minimum Gasteiger partial charge on any atom is -0.317 e. The molecule has 0 spiro atoms. The van der Waals surface area contributed by atoms with Crippen LogP contribution in [0.1, 0.15) is 10.6 Å². The first kappa shape index (κ1) is 6.48. The number of aryl methyl sites for hydroxylation is 1. The van der Waals surface area contributed by atoms with Crippen molar-refractivity contribution in [2.75, 3.05) is 0 Å². The second kappa shape index (κ2) is 2.31. The van der Waals surface area contributed by atoms with Crippen molar-refractivity contribution in [2.45, 2.75) is 13.6 Å². The number of aromatic amines is 1. The third-order valence-electron chi connectivity index (χ3n) is 1.05. The molecule has 2 nitrogen and oxygen atoms in total. The Morgan fingerprint density at radius 1 is 1.78 bits per heavy atom. The summed E-state index contributed by atoms with van der Waals surface area (Å²) in [5, 5.41) is 0. The standard InChI is InChI=1S/C5H6FNOS/c1-3-4(2-6)9-5(8)7-3/h2H2,1H3,(H,7,8). The summed E-state index contributed by atoms with van der Waals surface area (Å²) in [5.74, 6) is 0. The fourth-order valence-electron chi connectivity index (χ4n) is 0.564. The van der Waals surface area contributed by atoms with Crippen molar-refractivity contribution in [2.24, 2.45) is 0 Å². The Kier molecular flexibility index (Phi) is 1.66. The van der Waals surface area contributed by atoms with Gasteiger partial charge in [0.2, 0.25) is 0 Å². The molecule has 0 bridgehead atoms. The number of halogens is 1. The zero-order valence-corrected chi connectivity index (χ0v) is 5.72. The molecule has 1 N–H and O–H groups in total. The molecule has 50 valence electrons. The molecular formula is C5H6FNOS. The number of nitrogens with one attached hydrogen (secondary N) is 1. The highest BCUT2D eigenvalue weighted by molar-refractivity contribution is 7.09. The van der Waals surface area contributed by atoms with E-state index in [1.54, 1.807) is 6.92 Å².